The van der Waals surface area contributed by atoms with Gasteiger partial charge in [0, 0.05) is 5.57 Å². The molecule has 1 amide bonds. The molecule has 13 heavy (non-hydrogen) atoms. The number of hydrogen-bond donors (Lipinski definition) is 1. The third-order valence-electron chi connectivity index (χ3n) is 1.47. The molecule has 0 spiro atoms. The Labute approximate surface area is 75.3 Å². The van der Waals surface area contributed by atoms with E-state index in [1.807, 2.05) is 0 Å². The molecule has 0 bridgehead atoms. The Kier molecular flexibility index (Phi) is 2.74. The van der Waals surface area contributed by atoms with Gasteiger partial charge in [-0.15, -0.1) is 0 Å². The second-order valence-corrected chi connectivity index (χ2v) is 2.70. The molecule has 2 rings (SSSR count). The summed E-state index contributed by atoms with van der Waals surface area (Å²) in [4.78, 5) is 30.6. The molecule has 1 heterocycles. The highest BCUT2D eigenvalue weighted by Gasteiger charge is 2.10. The van der Waals surface area contributed by atoms with Crippen molar-refractivity contribution >= 4 is 17.5 Å². The number of rotatable bonds is 0. The van der Waals surface area contributed by atoms with Crippen molar-refractivity contribution < 1.29 is 14.4 Å². The largest absolute Gasteiger partial charge is 0.346 e. The Morgan fingerprint density at radius 2 is 1.77 bits per heavy atom. The Balaban J connectivity index is 0.000000175. The lowest BCUT2D eigenvalue weighted by atomic mass is 10.1. The standard InChI is InChI=1S/C7H6O2.C2H3NO/c1-5-4-6(8)2-3-7(5)9;4-2-1-3-2/h2-4H,1H3;1H2,(H,3,4). The average molecular weight is 179 g/mol. The molecular weight excluding hydrogens is 170 g/mol. The minimum atomic E-state index is -0.105. The zero-order chi connectivity index (χ0) is 9.84. The van der Waals surface area contributed by atoms with Crippen molar-refractivity contribution in [2.24, 2.45) is 0 Å². The number of amides is 1. The second kappa shape index (κ2) is 3.80. The van der Waals surface area contributed by atoms with Crippen molar-refractivity contribution in [2.75, 3.05) is 6.54 Å². The zero-order valence-electron chi connectivity index (χ0n) is 7.16. The summed E-state index contributed by atoms with van der Waals surface area (Å²) in [5.74, 6) is -0.0123. The van der Waals surface area contributed by atoms with Crippen molar-refractivity contribution in [3.63, 3.8) is 0 Å². The summed E-state index contributed by atoms with van der Waals surface area (Å²) >= 11 is 0. The first kappa shape index (κ1) is 9.38. The van der Waals surface area contributed by atoms with Crippen molar-refractivity contribution in [3.8, 4) is 0 Å². The molecule has 1 aliphatic carbocycles. The van der Waals surface area contributed by atoms with E-state index in [1.165, 1.54) is 18.2 Å². The molecule has 4 nitrogen and oxygen atoms in total. The zero-order valence-corrected chi connectivity index (χ0v) is 7.16. The second-order valence-electron chi connectivity index (χ2n) is 2.70. The highest BCUT2D eigenvalue weighted by Crippen LogP contribution is 2.02. The van der Waals surface area contributed by atoms with Crippen molar-refractivity contribution in [1.29, 1.82) is 0 Å². The molecule has 1 fully saturated rings. The monoisotopic (exact) mass is 179 g/mol. The van der Waals surface area contributed by atoms with E-state index in [0.717, 1.165) is 0 Å². The Morgan fingerprint density at radius 3 is 2.08 bits per heavy atom. The number of allylic oxidation sites excluding steroid dienone is 4. The summed E-state index contributed by atoms with van der Waals surface area (Å²) in [6.07, 6.45) is 3.90. The van der Waals surface area contributed by atoms with Crippen molar-refractivity contribution in [3.05, 3.63) is 23.8 Å². The van der Waals surface area contributed by atoms with E-state index in [1.54, 1.807) is 6.92 Å². The minimum absolute atomic E-state index is 0.0744. The first-order chi connectivity index (χ1) is 6.09. The van der Waals surface area contributed by atoms with Gasteiger partial charge < -0.3 is 5.32 Å². The number of carbonyl (C=O) groups excluding carboxylic acids is 3. The van der Waals surface area contributed by atoms with Crippen LogP contribution in [0.2, 0.25) is 0 Å². The van der Waals surface area contributed by atoms with Gasteiger partial charge in [0.1, 0.15) is 0 Å². The van der Waals surface area contributed by atoms with Crippen LogP contribution < -0.4 is 5.32 Å². The van der Waals surface area contributed by atoms with Crippen LogP contribution >= 0.6 is 0 Å². The van der Waals surface area contributed by atoms with Gasteiger partial charge in [0.2, 0.25) is 5.91 Å². The van der Waals surface area contributed by atoms with Gasteiger partial charge in [0.05, 0.1) is 6.54 Å². The summed E-state index contributed by atoms with van der Waals surface area (Å²) in [7, 11) is 0. The molecule has 0 radical (unpaired) electrons. The summed E-state index contributed by atoms with van der Waals surface area (Å²) in [6.45, 7) is 2.23. The van der Waals surface area contributed by atoms with E-state index >= 15 is 0 Å². The van der Waals surface area contributed by atoms with Crippen LogP contribution in [0.4, 0.5) is 0 Å². The molecular formula is C9H9NO3. The molecule has 4 heteroatoms. The van der Waals surface area contributed by atoms with Crippen molar-refractivity contribution in [1.82, 2.24) is 5.32 Å². The van der Waals surface area contributed by atoms with Gasteiger partial charge in [0.25, 0.3) is 0 Å². The summed E-state index contributed by atoms with van der Waals surface area (Å²) in [5, 5.41) is 2.46. The molecule has 1 saturated heterocycles. The number of hydrogen-bond acceptors (Lipinski definition) is 3. The first-order valence-corrected chi connectivity index (χ1v) is 3.81. The molecule has 0 aromatic carbocycles. The molecule has 0 aromatic heterocycles. The van der Waals surface area contributed by atoms with Crippen LogP contribution in [0.15, 0.2) is 23.8 Å². The van der Waals surface area contributed by atoms with E-state index in [4.69, 9.17) is 0 Å². The highest BCUT2D eigenvalue weighted by molar-refractivity contribution is 6.16. The normalized spacial score (nSPS) is 18.5. The van der Waals surface area contributed by atoms with Crippen LogP contribution in [0.1, 0.15) is 6.92 Å². The lowest BCUT2D eigenvalue weighted by molar-refractivity contribution is -0.114. The van der Waals surface area contributed by atoms with E-state index in [-0.39, 0.29) is 17.5 Å². The van der Waals surface area contributed by atoms with E-state index in [9.17, 15) is 14.4 Å². The summed E-state index contributed by atoms with van der Waals surface area (Å²) < 4.78 is 0. The molecule has 1 aliphatic heterocycles. The molecule has 1 N–H and O–H groups in total. The summed E-state index contributed by atoms with van der Waals surface area (Å²) in [6, 6.07) is 0. The molecule has 0 saturated carbocycles. The maximum Gasteiger partial charge on any atom is 0.239 e. The fourth-order valence-electron chi connectivity index (χ4n) is 0.658. The maximum absolute atomic E-state index is 10.6. The third kappa shape index (κ3) is 3.46. The lowest BCUT2D eigenvalue weighted by Crippen LogP contribution is -2.03. The fraction of sp³-hybridized carbons (Fsp3) is 0.222. The quantitative estimate of drug-likeness (QED) is 0.412. The van der Waals surface area contributed by atoms with Gasteiger partial charge in [-0.2, -0.15) is 0 Å². The smallest absolute Gasteiger partial charge is 0.239 e. The predicted octanol–water partition coefficient (Wildman–Crippen LogP) is -0.243. The van der Waals surface area contributed by atoms with E-state index in [0.29, 0.717) is 12.1 Å². The van der Waals surface area contributed by atoms with Gasteiger partial charge >= 0.3 is 0 Å². The fourth-order valence-corrected chi connectivity index (χ4v) is 0.658. The van der Waals surface area contributed by atoms with Gasteiger partial charge in [-0.1, -0.05) is 0 Å². The number of ketones is 2. The Morgan fingerprint density at radius 1 is 1.23 bits per heavy atom. The van der Waals surface area contributed by atoms with Gasteiger partial charge in [-0.05, 0) is 25.2 Å². The van der Waals surface area contributed by atoms with E-state index < -0.39 is 0 Å². The van der Waals surface area contributed by atoms with Crippen LogP contribution in [0.3, 0.4) is 0 Å². The molecule has 0 atom stereocenters. The molecule has 0 aromatic rings. The van der Waals surface area contributed by atoms with Crippen molar-refractivity contribution in [2.45, 2.75) is 6.92 Å². The van der Waals surface area contributed by atoms with Crippen LogP contribution in [-0.2, 0) is 14.4 Å². The Bertz CT molecular complexity index is 320. The topological polar surface area (TPSA) is 73.2 Å². The molecule has 68 valence electrons. The summed E-state index contributed by atoms with van der Waals surface area (Å²) in [5.41, 5.74) is 0.516. The lowest BCUT2D eigenvalue weighted by Gasteiger charge is -1.96. The number of nitrogens with one attached hydrogen (secondary N) is 1. The van der Waals surface area contributed by atoms with Crippen LogP contribution in [0.25, 0.3) is 0 Å². The predicted molar refractivity (Wildman–Crippen MR) is 45.9 cm³/mol. The Hall–Kier alpha value is -1.71. The highest BCUT2D eigenvalue weighted by atomic mass is 16.2. The van der Waals surface area contributed by atoms with Gasteiger partial charge in [-0.25, -0.2) is 0 Å². The van der Waals surface area contributed by atoms with Crippen LogP contribution in [0.5, 0.6) is 0 Å². The van der Waals surface area contributed by atoms with Gasteiger partial charge in [-0.3, -0.25) is 14.4 Å². The molecule has 0 unspecified atom stereocenters. The third-order valence-corrected chi connectivity index (χ3v) is 1.47. The maximum atomic E-state index is 10.6. The van der Waals surface area contributed by atoms with Crippen LogP contribution in [-0.4, -0.2) is 24.0 Å². The average Bonchev–Trinajstić information content (AvgIpc) is 2.82. The first-order valence-electron chi connectivity index (χ1n) is 3.81. The van der Waals surface area contributed by atoms with E-state index in [2.05, 4.69) is 5.32 Å². The molecule has 2 aliphatic rings. The number of carbonyl (C=O) groups is 3. The minimum Gasteiger partial charge on any atom is -0.346 e. The SMILES string of the molecule is CC1=CC(=O)C=CC1=O.O=C1CN1. The van der Waals surface area contributed by atoms with Crippen LogP contribution in [0, 0.1) is 0 Å². The van der Waals surface area contributed by atoms with Gasteiger partial charge in [0.15, 0.2) is 11.6 Å².